The average Bonchev–Trinajstić information content (AvgIpc) is 3.07. The van der Waals surface area contributed by atoms with Crippen LogP contribution in [0.15, 0.2) is 48.7 Å². The molecule has 0 aliphatic carbocycles. The van der Waals surface area contributed by atoms with Gasteiger partial charge in [0, 0.05) is 24.6 Å². The van der Waals surface area contributed by atoms with Crippen LogP contribution in [0, 0.1) is 18.3 Å². The van der Waals surface area contributed by atoms with E-state index < -0.39 is 6.23 Å². The van der Waals surface area contributed by atoms with Crippen molar-refractivity contribution in [1.82, 2.24) is 15.1 Å². The molecule has 1 aliphatic heterocycles. The summed E-state index contributed by atoms with van der Waals surface area (Å²) in [7, 11) is 0. The molecule has 4 rings (SSSR count). The van der Waals surface area contributed by atoms with E-state index in [2.05, 4.69) is 16.3 Å². The molecule has 2 N–H and O–H groups in total. The fourth-order valence-electron chi connectivity index (χ4n) is 3.49. The van der Waals surface area contributed by atoms with Crippen LogP contribution in [0.5, 0.6) is 0 Å². The number of aliphatic hydroxyl groups is 1. The molecule has 1 aliphatic rings. The summed E-state index contributed by atoms with van der Waals surface area (Å²) in [6.07, 6.45) is 0.914. The Kier molecular flexibility index (Phi) is 4.71. The number of nitriles is 1. The summed E-state index contributed by atoms with van der Waals surface area (Å²) in [4.78, 5) is 2.03. The van der Waals surface area contributed by atoms with Gasteiger partial charge in [0.15, 0.2) is 0 Å². The Hall–Kier alpha value is -2.65. The largest absolute Gasteiger partial charge is 0.374 e. The molecule has 3 aromatic rings. The SMILES string of the molecule is Cc1ccc(C(O)N2CC(c3ccc(C#N)cc3)C2)cc1-c1[nH]ncc1Cl. The lowest BCUT2D eigenvalue weighted by molar-refractivity contribution is -0.0483. The lowest BCUT2D eigenvalue weighted by Gasteiger charge is -2.42. The number of halogens is 1. The number of rotatable bonds is 4. The van der Waals surface area contributed by atoms with E-state index in [-0.39, 0.29) is 0 Å². The van der Waals surface area contributed by atoms with Crippen LogP contribution in [0.25, 0.3) is 11.3 Å². The first-order valence-corrected chi connectivity index (χ1v) is 9.16. The number of hydrogen-bond donors (Lipinski definition) is 2. The number of aryl methyl sites for hydroxylation is 1. The van der Waals surface area contributed by atoms with Gasteiger partial charge in [0.25, 0.3) is 0 Å². The highest BCUT2D eigenvalue weighted by atomic mass is 35.5. The molecular formula is C21H19ClN4O. The molecule has 0 radical (unpaired) electrons. The van der Waals surface area contributed by atoms with Gasteiger partial charge in [0.05, 0.1) is 28.5 Å². The summed E-state index contributed by atoms with van der Waals surface area (Å²) >= 11 is 6.20. The molecule has 0 amide bonds. The second kappa shape index (κ2) is 7.16. The number of nitrogens with one attached hydrogen (secondary N) is 1. The van der Waals surface area contributed by atoms with Crippen molar-refractivity contribution in [3.05, 3.63) is 75.9 Å². The average molecular weight is 379 g/mol. The molecule has 0 saturated carbocycles. The summed E-state index contributed by atoms with van der Waals surface area (Å²) in [5, 5.41) is 27.2. The molecule has 2 heterocycles. The number of hydrogen-bond acceptors (Lipinski definition) is 4. The van der Waals surface area contributed by atoms with Crippen LogP contribution in [-0.4, -0.2) is 33.3 Å². The highest BCUT2D eigenvalue weighted by Gasteiger charge is 2.33. The molecular weight excluding hydrogens is 360 g/mol. The second-order valence-corrected chi connectivity index (χ2v) is 7.33. The molecule has 1 unspecified atom stereocenters. The van der Waals surface area contributed by atoms with Crippen molar-refractivity contribution < 1.29 is 5.11 Å². The fourth-order valence-corrected chi connectivity index (χ4v) is 3.69. The third-order valence-electron chi connectivity index (χ3n) is 5.19. The summed E-state index contributed by atoms with van der Waals surface area (Å²) in [6, 6.07) is 15.7. The van der Waals surface area contributed by atoms with Crippen molar-refractivity contribution in [2.24, 2.45) is 0 Å². The quantitative estimate of drug-likeness (QED) is 0.719. The molecule has 0 spiro atoms. The third-order valence-corrected chi connectivity index (χ3v) is 5.48. The first-order valence-electron chi connectivity index (χ1n) is 8.79. The van der Waals surface area contributed by atoms with Gasteiger partial charge in [0.1, 0.15) is 6.23 Å². The maximum atomic E-state index is 10.8. The van der Waals surface area contributed by atoms with E-state index in [9.17, 15) is 5.11 Å². The molecule has 27 heavy (non-hydrogen) atoms. The number of aromatic amines is 1. The number of nitrogens with zero attached hydrogens (tertiary/aromatic N) is 3. The first-order chi connectivity index (χ1) is 13.1. The van der Waals surface area contributed by atoms with E-state index in [1.54, 1.807) is 6.20 Å². The predicted molar refractivity (Wildman–Crippen MR) is 104 cm³/mol. The number of benzene rings is 2. The maximum Gasteiger partial charge on any atom is 0.133 e. The minimum Gasteiger partial charge on any atom is -0.374 e. The monoisotopic (exact) mass is 378 g/mol. The van der Waals surface area contributed by atoms with Gasteiger partial charge in [0.2, 0.25) is 0 Å². The molecule has 5 nitrogen and oxygen atoms in total. The fraction of sp³-hybridized carbons (Fsp3) is 0.238. The minimum atomic E-state index is -0.666. The summed E-state index contributed by atoms with van der Waals surface area (Å²) in [5.74, 6) is 0.374. The van der Waals surface area contributed by atoms with Gasteiger partial charge in [-0.05, 0) is 41.8 Å². The van der Waals surface area contributed by atoms with Gasteiger partial charge in [-0.2, -0.15) is 10.4 Å². The summed E-state index contributed by atoms with van der Waals surface area (Å²) in [5.41, 5.74) is 5.47. The molecule has 1 atom stereocenters. The van der Waals surface area contributed by atoms with Crippen LogP contribution < -0.4 is 0 Å². The van der Waals surface area contributed by atoms with Gasteiger partial charge in [-0.1, -0.05) is 35.9 Å². The van der Waals surface area contributed by atoms with Gasteiger partial charge < -0.3 is 5.11 Å². The Morgan fingerprint density at radius 2 is 2.00 bits per heavy atom. The molecule has 1 fully saturated rings. The minimum absolute atomic E-state index is 0.374. The Labute approximate surface area is 162 Å². The predicted octanol–water partition coefficient (Wildman–Crippen LogP) is 4.00. The van der Waals surface area contributed by atoms with Gasteiger partial charge in [-0.15, -0.1) is 0 Å². The van der Waals surface area contributed by atoms with E-state index in [0.717, 1.165) is 35.5 Å². The summed E-state index contributed by atoms with van der Waals surface area (Å²) < 4.78 is 0. The van der Waals surface area contributed by atoms with E-state index >= 15 is 0 Å². The zero-order valence-electron chi connectivity index (χ0n) is 14.9. The topological polar surface area (TPSA) is 75.9 Å². The second-order valence-electron chi connectivity index (χ2n) is 6.93. The molecule has 136 valence electrons. The van der Waals surface area contributed by atoms with Crippen LogP contribution in [0.1, 0.15) is 34.4 Å². The highest BCUT2D eigenvalue weighted by molar-refractivity contribution is 6.33. The lowest BCUT2D eigenvalue weighted by Crippen LogP contribution is -2.46. The van der Waals surface area contributed by atoms with E-state index in [0.29, 0.717) is 16.5 Å². The van der Waals surface area contributed by atoms with Crippen LogP contribution >= 0.6 is 11.6 Å². The van der Waals surface area contributed by atoms with Gasteiger partial charge in [-0.25, -0.2) is 0 Å². The number of H-pyrrole nitrogens is 1. The van der Waals surface area contributed by atoms with Gasteiger partial charge in [-0.3, -0.25) is 10.00 Å². The maximum absolute atomic E-state index is 10.8. The first kappa shape index (κ1) is 17.7. The van der Waals surface area contributed by atoms with Crippen molar-refractivity contribution in [3.63, 3.8) is 0 Å². The summed E-state index contributed by atoms with van der Waals surface area (Å²) in [6.45, 7) is 3.56. The Morgan fingerprint density at radius 3 is 2.63 bits per heavy atom. The van der Waals surface area contributed by atoms with E-state index in [4.69, 9.17) is 16.9 Å². The normalized spacial score (nSPS) is 15.9. The van der Waals surface area contributed by atoms with Crippen LogP contribution in [0.4, 0.5) is 0 Å². The van der Waals surface area contributed by atoms with Crippen LogP contribution in [0.3, 0.4) is 0 Å². The van der Waals surface area contributed by atoms with Crippen molar-refractivity contribution in [2.45, 2.75) is 19.1 Å². The zero-order chi connectivity index (χ0) is 19.0. The van der Waals surface area contributed by atoms with Crippen LogP contribution in [0.2, 0.25) is 5.02 Å². The Balaban J connectivity index is 1.49. The number of aliphatic hydroxyl groups excluding tert-OH is 1. The van der Waals surface area contributed by atoms with Crippen LogP contribution in [-0.2, 0) is 0 Å². The zero-order valence-corrected chi connectivity index (χ0v) is 15.6. The van der Waals surface area contributed by atoms with Crippen molar-refractivity contribution in [2.75, 3.05) is 13.1 Å². The molecule has 1 aromatic heterocycles. The smallest absolute Gasteiger partial charge is 0.133 e. The number of likely N-dealkylation sites (tertiary alicyclic amines) is 1. The third kappa shape index (κ3) is 3.35. The molecule has 1 saturated heterocycles. The Morgan fingerprint density at radius 1 is 1.26 bits per heavy atom. The molecule has 0 bridgehead atoms. The molecule has 2 aromatic carbocycles. The van der Waals surface area contributed by atoms with Crippen molar-refractivity contribution in [3.8, 4) is 17.3 Å². The standard InChI is InChI=1S/C21H19ClN4O/c1-13-2-5-16(8-18(13)20-19(22)10-24-25-20)21(27)26-11-17(12-26)15-6-3-14(9-23)4-7-15/h2-8,10,17,21,27H,11-12H2,1H3,(H,24,25). The van der Waals surface area contributed by atoms with E-state index in [1.165, 1.54) is 5.56 Å². The number of aromatic nitrogens is 2. The molecule has 6 heteroatoms. The lowest BCUT2D eigenvalue weighted by atomic mass is 9.89. The van der Waals surface area contributed by atoms with Crippen molar-refractivity contribution in [1.29, 1.82) is 5.26 Å². The van der Waals surface area contributed by atoms with E-state index in [1.807, 2.05) is 54.3 Å². The highest BCUT2D eigenvalue weighted by Crippen LogP contribution is 2.35. The Bertz CT molecular complexity index is 1000. The van der Waals surface area contributed by atoms with Crippen molar-refractivity contribution >= 4 is 11.6 Å². The van der Waals surface area contributed by atoms with Gasteiger partial charge >= 0.3 is 0 Å².